The van der Waals surface area contributed by atoms with Crippen LogP contribution in [0.1, 0.15) is 35.0 Å². The van der Waals surface area contributed by atoms with Gasteiger partial charge in [-0.2, -0.15) is 0 Å². The number of furan rings is 1. The first kappa shape index (κ1) is 13.1. The van der Waals surface area contributed by atoms with Gasteiger partial charge in [0, 0.05) is 12.5 Å². The highest BCUT2D eigenvalue weighted by molar-refractivity contribution is 9.10. The predicted octanol–water partition coefficient (Wildman–Crippen LogP) is 3.71. The molecule has 1 aromatic carbocycles. The molecule has 0 aliphatic rings. The van der Waals surface area contributed by atoms with Crippen molar-refractivity contribution in [2.75, 3.05) is 0 Å². The Balaban J connectivity index is 1.93. The zero-order chi connectivity index (χ0) is 13.0. The van der Waals surface area contributed by atoms with Crippen LogP contribution in [-0.2, 0) is 0 Å². The lowest BCUT2D eigenvalue weighted by atomic mass is 10.0. The first-order valence-corrected chi connectivity index (χ1v) is 6.54. The Labute approximate surface area is 114 Å². The van der Waals surface area contributed by atoms with E-state index < -0.39 is 0 Å². The van der Waals surface area contributed by atoms with Gasteiger partial charge in [0.2, 0.25) is 0 Å². The Morgan fingerprint density at radius 2 is 2.00 bits per heavy atom. The lowest BCUT2D eigenvalue weighted by Gasteiger charge is -2.10. The van der Waals surface area contributed by atoms with Crippen LogP contribution in [0.2, 0.25) is 0 Å². The number of carbonyl (C=O) groups excluding carboxylic acids is 1. The molecule has 2 N–H and O–H groups in total. The molecule has 1 unspecified atom stereocenters. The SMILES string of the molecule is NC(CCC(=O)c1occc1Br)c1ccccc1. The molecular weight excluding hydrogens is 294 g/mol. The monoisotopic (exact) mass is 307 g/mol. The van der Waals surface area contributed by atoms with Crippen molar-refractivity contribution in [3.8, 4) is 0 Å². The lowest BCUT2D eigenvalue weighted by Crippen LogP contribution is -2.12. The smallest absolute Gasteiger partial charge is 0.199 e. The van der Waals surface area contributed by atoms with Crippen molar-refractivity contribution in [1.29, 1.82) is 0 Å². The quantitative estimate of drug-likeness (QED) is 0.857. The number of halogens is 1. The van der Waals surface area contributed by atoms with Crippen LogP contribution >= 0.6 is 15.9 Å². The van der Waals surface area contributed by atoms with Crippen molar-refractivity contribution in [3.63, 3.8) is 0 Å². The second kappa shape index (κ2) is 5.98. The molecule has 0 aliphatic carbocycles. The molecule has 0 fully saturated rings. The van der Waals surface area contributed by atoms with Crippen LogP contribution in [0.5, 0.6) is 0 Å². The van der Waals surface area contributed by atoms with E-state index in [0.29, 0.717) is 23.1 Å². The van der Waals surface area contributed by atoms with Gasteiger partial charge >= 0.3 is 0 Å². The van der Waals surface area contributed by atoms with E-state index in [-0.39, 0.29) is 11.8 Å². The molecular formula is C14H14BrNO2. The van der Waals surface area contributed by atoms with Crippen LogP contribution in [0.4, 0.5) is 0 Å². The molecule has 18 heavy (non-hydrogen) atoms. The van der Waals surface area contributed by atoms with Crippen LogP contribution in [0, 0.1) is 0 Å². The molecule has 0 saturated heterocycles. The Bertz CT molecular complexity index is 522. The Hall–Kier alpha value is -1.39. The second-order valence-corrected chi connectivity index (χ2v) is 4.93. The molecule has 94 valence electrons. The van der Waals surface area contributed by atoms with Crippen molar-refractivity contribution in [2.24, 2.45) is 5.73 Å². The van der Waals surface area contributed by atoms with Crippen LogP contribution in [0.25, 0.3) is 0 Å². The topological polar surface area (TPSA) is 56.2 Å². The third kappa shape index (κ3) is 3.09. The number of carbonyl (C=O) groups is 1. The number of hydrogen-bond acceptors (Lipinski definition) is 3. The summed E-state index contributed by atoms with van der Waals surface area (Å²) in [5, 5.41) is 0. The molecule has 0 amide bonds. The molecule has 0 radical (unpaired) electrons. The summed E-state index contributed by atoms with van der Waals surface area (Å²) in [5.74, 6) is 0.341. The summed E-state index contributed by atoms with van der Waals surface area (Å²) in [6.45, 7) is 0. The first-order chi connectivity index (χ1) is 8.68. The minimum absolute atomic E-state index is 0.0294. The normalized spacial score (nSPS) is 12.3. The number of hydrogen-bond donors (Lipinski definition) is 1. The average molecular weight is 308 g/mol. The number of Topliss-reactive ketones (excluding diaryl/α,β-unsaturated/α-hetero) is 1. The number of rotatable bonds is 5. The van der Waals surface area contributed by atoms with E-state index in [1.165, 1.54) is 6.26 Å². The van der Waals surface area contributed by atoms with Crippen molar-refractivity contribution < 1.29 is 9.21 Å². The molecule has 0 bridgehead atoms. The van der Waals surface area contributed by atoms with Gasteiger partial charge < -0.3 is 10.2 Å². The van der Waals surface area contributed by atoms with E-state index in [1.807, 2.05) is 30.3 Å². The molecule has 1 atom stereocenters. The van der Waals surface area contributed by atoms with E-state index >= 15 is 0 Å². The van der Waals surface area contributed by atoms with Gasteiger partial charge in [0.15, 0.2) is 11.5 Å². The predicted molar refractivity (Wildman–Crippen MR) is 73.3 cm³/mol. The average Bonchev–Trinajstić information content (AvgIpc) is 2.83. The minimum atomic E-state index is -0.121. The second-order valence-electron chi connectivity index (χ2n) is 4.08. The maximum absolute atomic E-state index is 11.9. The highest BCUT2D eigenvalue weighted by Crippen LogP contribution is 2.22. The molecule has 0 spiro atoms. The van der Waals surface area contributed by atoms with Crippen molar-refractivity contribution in [3.05, 3.63) is 58.5 Å². The fourth-order valence-corrected chi connectivity index (χ4v) is 2.18. The van der Waals surface area contributed by atoms with Gasteiger partial charge in [-0.3, -0.25) is 4.79 Å². The molecule has 0 aliphatic heterocycles. The number of benzene rings is 1. The van der Waals surface area contributed by atoms with Crippen LogP contribution in [0.3, 0.4) is 0 Å². The maximum Gasteiger partial charge on any atom is 0.199 e. The van der Waals surface area contributed by atoms with Crippen molar-refractivity contribution in [2.45, 2.75) is 18.9 Å². The van der Waals surface area contributed by atoms with Crippen LogP contribution in [0.15, 0.2) is 51.6 Å². The fraction of sp³-hybridized carbons (Fsp3) is 0.214. The summed E-state index contributed by atoms with van der Waals surface area (Å²) in [5.41, 5.74) is 7.09. The Kier molecular flexibility index (Phi) is 4.33. The van der Waals surface area contributed by atoms with Gasteiger partial charge in [-0.15, -0.1) is 0 Å². The summed E-state index contributed by atoms with van der Waals surface area (Å²) >= 11 is 3.27. The van der Waals surface area contributed by atoms with Gasteiger partial charge in [-0.1, -0.05) is 30.3 Å². The number of ketones is 1. The molecule has 1 aromatic heterocycles. The maximum atomic E-state index is 11.9. The Morgan fingerprint density at radius 3 is 2.61 bits per heavy atom. The van der Waals surface area contributed by atoms with E-state index in [9.17, 15) is 4.79 Å². The van der Waals surface area contributed by atoms with E-state index in [0.717, 1.165) is 5.56 Å². The summed E-state index contributed by atoms with van der Waals surface area (Å²) < 4.78 is 5.82. The molecule has 4 heteroatoms. The van der Waals surface area contributed by atoms with Gasteiger partial charge in [0.05, 0.1) is 10.7 Å². The lowest BCUT2D eigenvalue weighted by molar-refractivity contribution is 0.0949. The number of nitrogens with two attached hydrogens (primary N) is 1. The molecule has 1 heterocycles. The highest BCUT2D eigenvalue weighted by Gasteiger charge is 2.15. The third-order valence-corrected chi connectivity index (χ3v) is 3.41. The first-order valence-electron chi connectivity index (χ1n) is 5.75. The zero-order valence-electron chi connectivity index (χ0n) is 9.80. The zero-order valence-corrected chi connectivity index (χ0v) is 11.4. The van der Waals surface area contributed by atoms with Crippen molar-refractivity contribution in [1.82, 2.24) is 0 Å². The molecule has 3 nitrogen and oxygen atoms in total. The third-order valence-electron chi connectivity index (χ3n) is 2.78. The van der Waals surface area contributed by atoms with Gasteiger partial charge in [0.25, 0.3) is 0 Å². The van der Waals surface area contributed by atoms with Gasteiger partial charge in [0.1, 0.15) is 0 Å². The summed E-state index contributed by atoms with van der Waals surface area (Å²) in [7, 11) is 0. The van der Waals surface area contributed by atoms with Gasteiger partial charge in [-0.05, 0) is 34.0 Å². The minimum Gasteiger partial charge on any atom is -0.460 e. The van der Waals surface area contributed by atoms with Crippen LogP contribution < -0.4 is 5.73 Å². The van der Waals surface area contributed by atoms with Crippen molar-refractivity contribution >= 4 is 21.7 Å². The summed E-state index contributed by atoms with van der Waals surface area (Å²) in [6, 6.07) is 11.4. The van der Waals surface area contributed by atoms with E-state index in [4.69, 9.17) is 10.2 Å². The summed E-state index contributed by atoms with van der Waals surface area (Å²) in [6.07, 6.45) is 2.48. The molecule has 0 saturated carbocycles. The van der Waals surface area contributed by atoms with Gasteiger partial charge in [-0.25, -0.2) is 0 Å². The van der Waals surface area contributed by atoms with E-state index in [1.54, 1.807) is 6.07 Å². The van der Waals surface area contributed by atoms with Crippen LogP contribution in [-0.4, -0.2) is 5.78 Å². The molecule has 2 rings (SSSR count). The van der Waals surface area contributed by atoms with E-state index in [2.05, 4.69) is 15.9 Å². The largest absolute Gasteiger partial charge is 0.460 e. The standard InChI is InChI=1S/C14H14BrNO2/c15-11-8-9-18-14(11)13(17)7-6-12(16)10-4-2-1-3-5-10/h1-5,8-9,12H,6-7,16H2. The Morgan fingerprint density at radius 1 is 1.28 bits per heavy atom. The molecule has 2 aromatic rings. The summed E-state index contributed by atoms with van der Waals surface area (Å²) in [4.78, 5) is 11.9. The fourth-order valence-electron chi connectivity index (χ4n) is 1.76. The highest BCUT2D eigenvalue weighted by atomic mass is 79.9.